The maximum atomic E-state index is 13.3. The minimum absolute atomic E-state index is 0.00143. The molecule has 0 spiro atoms. The van der Waals surface area contributed by atoms with E-state index in [9.17, 15) is 19.1 Å². The molecular formula is C19H14Cl2FN5O3. The summed E-state index contributed by atoms with van der Waals surface area (Å²) in [5, 5.41) is 12.9. The van der Waals surface area contributed by atoms with Gasteiger partial charge in [0.05, 0.1) is 32.1 Å². The fourth-order valence-corrected chi connectivity index (χ4v) is 3.35. The van der Waals surface area contributed by atoms with E-state index in [0.29, 0.717) is 27.9 Å². The minimum atomic E-state index is -1.13. The summed E-state index contributed by atoms with van der Waals surface area (Å²) in [6.45, 7) is -0.0999. The number of hydrogen-bond acceptors (Lipinski definition) is 5. The molecular weight excluding hydrogens is 436 g/mol. The second kappa shape index (κ2) is 8.02. The Hall–Kier alpha value is -3.01. The third-order valence-corrected chi connectivity index (χ3v) is 5.23. The number of carboxylic acids is 1. The monoisotopic (exact) mass is 449 g/mol. The van der Waals surface area contributed by atoms with Gasteiger partial charge in [0, 0.05) is 13.0 Å². The fourth-order valence-electron chi connectivity index (χ4n) is 3.03. The predicted molar refractivity (Wildman–Crippen MR) is 110 cm³/mol. The van der Waals surface area contributed by atoms with Gasteiger partial charge in [0.25, 0.3) is 5.56 Å². The van der Waals surface area contributed by atoms with E-state index in [1.165, 1.54) is 30.3 Å². The van der Waals surface area contributed by atoms with Crippen LogP contribution in [0.3, 0.4) is 0 Å². The molecule has 1 atom stereocenters. The van der Waals surface area contributed by atoms with Crippen molar-refractivity contribution in [3.05, 3.63) is 68.1 Å². The van der Waals surface area contributed by atoms with E-state index in [4.69, 9.17) is 23.2 Å². The van der Waals surface area contributed by atoms with Crippen LogP contribution in [-0.2, 0) is 17.8 Å². The molecule has 4 rings (SSSR count). The Morgan fingerprint density at radius 1 is 1.10 bits per heavy atom. The first-order chi connectivity index (χ1) is 14.3. The summed E-state index contributed by atoms with van der Waals surface area (Å²) in [7, 11) is 0. The van der Waals surface area contributed by atoms with Gasteiger partial charge in [-0.3, -0.25) is 14.9 Å². The summed E-state index contributed by atoms with van der Waals surface area (Å²) in [4.78, 5) is 38.0. The highest BCUT2D eigenvalue weighted by molar-refractivity contribution is 6.42. The number of carbonyl (C=O) groups is 1. The first-order valence-corrected chi connectivity index (χ1v) is 9.54. The van der Waals surface area contributed by atoms with E-state index in [0.717, 1.165) is 0 Å². The Morgan fingerprint density at radius 2 is 1.83 bits per heavy atom. The number of H-pyrrole nitrogens is 2. The summed E-state index contributed by atoms with van der Waals surface area (Å²) in [6.07, 6.45) is -0.00143. The van der Waals surface area contributed by atoms with Gasteiger partial charge in [-0.15, -0.1) is 0 Å². The number of aromatic nitrogens is 4. The van der Waals surface area contributed by atoms with Crippen LogP contribution in [-0.4, -0.2) is 37.1 Å². The molecule has 2 aromatic heterocycles. The van der Waals surface area contributed by atoms with Gasteiger partial charge in [-0.25, -0.2) is 14.4 Å². The van der Waals surface area contributed by atoms with E-state index in [1.807, 2.05) is 0 Å². The summed E-state index contributed by atoms with van der Waals surface area (Å²) in [5.41, 5.74) is 1.46. The molecule has 4 aromatic rings. The molecule has 0 aliphatic carbocycles. The minimum Gasteiger partial charge on any atom is -0.480 e. The number of rotatable bonds is 6. The van der Waals surface area contributed by atoms with Crippen LogP contribution in [0.4, 0.5) is 4.39 Å². The highest BCUT2D eigenvalue weighted by atomic mass is 35.5. The number of benzene rings is 2. The molecule has 154 valence electrons. The standard InChI is InChI=1S/C19H14Cl2FN5O3/c20-9-4-13-14(5-10(9)21)27-18(28)16(24-13)7-23-15(19(29)30)6-17-25-11-2-1-8(22)3-12(11)26-17/h1-5,15,23H,6-7H2,(H,25,26)(H,27,28)(H,29,30)/t15-/m1/s1. The lowest BCUT2D eigenvalue weighted by molar-refractivity contribution is -0.139. The smallest absolute Gasteiger partial charge is 0.321 e. The molecule has 11 heteroatoms. The number of aromatic amines is 2. The molecule has 0 aliphatic heterocycles. The molecule has 0 amide bonds. The number of hydrogen-bond donors (Lipinski definition) is 4. The number of imidazole rings is 1. The van der Waals surface area contributed by atoms with E-state index in [2.05, 4.69) is 25.3 Å². The first-order valence-electron chi connectivity index (χ1n) is 8.78. The van der Waals surface area contributed by atoms with Crippen molar-refractivity contribution in [2.45, 2.75) is 19.0 Å². The van der Waals surface area contributed by atoms with Crippen LogP contribution in [0.15, 0.2) is 35.1 Å². The van der Waals surface area contributed by atoms with Gasteiger partial charge in [-0.05, 0) is 30.3 Å². The molecule has 0 aliphatic rings. The number of nitrogens with zero attached hydrogens (tertiary/aromatic N) is 2. The molecule has 2 heterocycles. The van der Waals surface area contributed by atoms with Crippen molar-refractivity contribution in [1.82, 2.24) is 25.3 Å². The third kappa shape index (κ3) is 4.13. The summed E-state index contributed by atoms with van der Waals surface area (Å²) < 4.78 is 13.3. The zero-order valence-electron chi connectivity index (χ0n) is 15.2. The molecule has 0 fully saturated rings. The lowest BCUT2D eigenvalue weighted by Crippen LogP contribution is -2.39. The van der Waals surface area contributed by atoms with Gasteiger partial charge < -0.3 is 15.1 Å². The second-order valence-electron chi connectivity index (χ2n) is 6.62. The number of carboxylic acid groups (broad SMARTS) is 1. The molecule has 0 unspecified atom stereocenters. The van der Waals surface area contributed by atoms with E-state index < -0.39 is 23.4 Å². The zero-order chi connectivity index (χ0) is 21.4. The Morgan fingerprint density at radius 3 is 2.60 bits per heavy atom. The van der Waals surface area contributed by atoms with Crippen LogP contribution >= 0.6 is 23.2 Å². The van der Waals surface area contributed by atoms with Crippen molar-refractivity contribution in [1.29, 1.82) is 0 Å². The number of aliphatic carboxylic acids is 1. The van der Waals surface area contributed by atoms with Crippen LogP contribution in [0.2, 0.25) is 10.0 Å². The molecule has 4 N–H and O–H groups in total. The zero-order valence-corrected chi connectivity index (χ0v) is 16.7. The van der Waals surface area contributed by atoms with Crippen LogP contribution < -0.4 is 10.9 Å². The molecule has 30 heavy (non-hydrogen) atoms. The SMILES string of the molecule is O=C(O)[C@@H](Cc1nc2ccc(F)cc2[nH]1)NCc1nc2cc(Cl)c(Cl)cc2[nH]c1=O. The average Bonchev–Trinajstić information content (AvgIpc) is 3.08. The normalized spacial score (nSPS) is 12.5. The molecule has 0 saturated carbocycles. The van der Waals surface area contributed by atoms with Crippen LogP contribution in [0.5, 0.6) is 0 Å². The van der Waals surface area contributed by atoms with Gasteiger partial charge in [-0.1, -0.05) is 23.2 Å². The van der Waals surface area contributed by atoms with Crippen molar-refractivity contribution < 1.29 is 14.3 Å². The Labute approximate surface area is 178 Å². The van der Waals surface area contributed by atoms with Crippen molar-refractivity contribution in [3.8, 4) is 0 Å². The summed E-state index contributed by atoms with van der Waals surface area (Å²) >= 11 is 11.9. The molecule has 0 bridgehead atoms. The first kappa shape index (κ1) is 20.3. The van der Waals surface area contributed by atoms with E-state index in [-0.39, 0.29) is 28.7 Å². The Kier molecular flexibility index (Phi) is 5.42. The van der Waals surface area contributed by atoms with Crippen molar-refractivity contribution in [2.24, 2.45) is 0 Å². The van der Waals surface area contributed by atoms with Gasteiger partial charge in [0.1, 0.15) is 23.4 Å². The van der Waals surface area contributed by atoms with E-state index in [1.54, 1.807) is 0 Å². The highest BCUT2D eigenvalue weighted by Crippen LogP contribution is 2.25. The van der Waals surface area contributed by atoms with E-state index >= 15 is 0 Å². The molecule has 0 radical (unpaired) electrons. The molecule has 2 aromatic carbocycles. The Bertz CT molecular complexity index is 1340. The number of fused-ring (bicyclic) bond motifs is 2. The summed E-state index contributed by atoms with van der Waals surface area (Å²) in [6, 6.07) is 6.02. The fraction of sp³-hybridized carbons (Fsp3) is 0.158. The number of halogens is 3. The van der Waals surface area contributed by atoms with Crippen molar-refractivity contribution in [3.63, 3.8) is 0 Å². The van der Waals surface area contributed by atoms with Crippen molar-refractivity contribution in [2.75, 3.05) is 0 Å². The topological polar surface area (TPSA) is 124 Å². The average molecular weight is 450 g/mol. The molecule has 0 saturated heterocycles. The lowest BCUT2D eigenvalue weighted by atomic mass is 10.2. The lowest BCUT2D eigenvalue weighted by Gasteiger charge is -2.13. The van der Waals surface area contributed by atoms with Crippen LogP contribution in [0.25, 0.3) is 22.1 Å². The van der Waals surface area contributed by atoms with Gasteiger partial charge in [-0.2, -0.15) is 0 Å². The summed E-state index contributed by atoms with van der Waals surface area (Å²) in [5.74, 6) is -1.18. The Balaban J connectivity index is 1.55. The molecule has 8 nitrogen and oxygen atoms in total. The van der Waals surface area contributed by atoms with Crippen LogP contribution in [0.1, 0.15) is 11.5 Å². The second-order valence-corrected chi connectivity index (χ2v) is 7.43. The maximum absolute atomic E-state index is 13.3. The maximum Gasteiger partial charge on any atom is 0.321 e. The predicted octanol–water partition coefficient (Wildman–Crippen LogP) is 3.03. The third-order valence-electron chi connectivity index (χ3n) is 4.51. The quantitative estimate of drug-likeness (QED) is 0.358. The number of nitrogens with one attached hydrogen (secondary N) is 3. The van der Waals surface area contributed by atoms with Gasteiger partial charge in [0.15, 0.2) is 0 Å². The van der Waals surface area contributed by atoms with Gasteiger partial charge in [0.2, 0.25) is 0 Å². The van der Waals surface area contributed by atoms with Gasteiger partial charge >= 0.3 is 5.97 Å². The highest BCUT2D eigenvalue weighted by Gasteiger charge is 2.20. The van der Waals surface area contributed by atoms with Crippen LogP contribution in [0, 0.1) is 5.82 Å². The largest absolute Gasteiger partial charge is 0.480 e. The van der Waals surface area contributed by atoms with Crippen molar-refractivity contribution >= 4 is 51.2 Å².